The lowest BCUT2D eigenvalue weighted by Gasteiger charge is -2.11. The van der Waals surface area contributed by atoms with Gasteiger partial charge in [-0.2, -0.15) is 0 Å². The number of nitrogens with two attached hydrogens (primary N) is 2. The van der Waals surface area contributed by atoms with E-state index in [1.165, 1.54) is 25.3 Å². The van der Waals surface area contributed by atoms with Gasteiger partial charge in [-0.1, -0.05) is 0 Å². The van der Waals surface area contributed by atoms with E-state index in [1.807, 2.05) is 0 Å². The number of nitrogen functional groups attached to an aromatic ring is 2. The molecule has 0 saturated heterocycles. The summed E-state index contributed by atoms with van der Waals surface area (Å²) in [5.41, 5.74) is 12.2. The number of methoxy groups -OCH3 is 1. The number of anilines is 2. The third kappa shape index (κ3) is 4.56. The standard InChI is InChI=1S/C21H18N2O6/c1-27-21(26)16-8-7-15(11-17(16)20(24)25)28-13-3-5-14(6-4-13)29-19-9-2-12(22)10-18(19)23/h2-11H,22-23H2,1H3,(H,24,25). The Kier molecular flexibility index (Phi) is 5.54. The molecule has 0 aromatic heterocycles. The molecule has 0 atom stereocenters. The maximum Gasteiger partial charge on any atom is 0.338 e. The summed E-state index contributed by atoms with van der Waals surface area (Å²) in [5, 5.41) is 9.32. The minimum absolute atomic E-state index is 0.0582. The highest BCUT2D eigenvalue weighted by atomic mass is 16.5. The molecule has 5 N–H and O–H groups in total. The van der Waals surface area contributed by atoms with E-state index in [4.69, 9.17) is 20.9 Å². The van der Waals surface area contributed by atoms with Crippen molar-refractivity contribution in [3.63, 3.8) is 0 Å². The van der Waals surface area contributed by atoms with Crippen molar-refractivity contribution in [3.8, 4) is 23.0 Å². The maximum absolute atomic E-state index is 11.7. The predicted molar refractivity (Wildman–Crippen MR) is 107 cm³/mol. The van der Waals surface area contributed by atoms with Gasteiger partial charge in [0.05, 0.1) is 23.9 Å². The van der Waals surface area contributed by atoms with E-state index in [2.05, 4.69) is 4.74 Å². The Bertz CT molecular complexity index is 1060. The minimum Gasteiger partial charge on any atom is -0.478 e. The van der Waals surface area contributed by atoms with Gasteiger partial charge in [-0.15, -0.1) is 0 Å². The maximum atomic E-state index is 11.7. The summed E-state index contributed by atoms with van der Waals surface area (Å²) >= 11 is 0. The fourth-order valence-electron chi connectivity index (χ4n) is 2.55. The number of hydrogen-bond acceptors (Lipinski definition) is 7. The van der Waals surface area contributed by atoms with Crippen LogP contribution < -0.4 is 20.9 Å². The lowest BCUT2D eigenvalue weighted by molar-refractivity contribution is 0.0582. The Morgan fingerprint density at radius 2 is 1.41 bits per heavy atom. The zero-order valence-electron chi connectivity index (χ0n) is 15.4. The molecule has 29 heavy (non-hydrogen) atoms. The average molecular weight is 394 g/mol. The number of carboxylic acids is 1. The highest BCUT2D eigenvalue weighted by molar-refractivity contribution is 6.02. The molecular formula is C21H18N2O6. The van der Waals surface area contributed by atoms with Gasteiger partial charge in [0.2, 0.25) is 0 Å². The zero-order valence-corrected chi connectivity index (χ0v) is 15.4. The van der Waals surface area contributed by atoms with Gasteiger partial charge in [0.25, 0.3) is 0 Å². The first-order valence-corrected chi connectivity index (χ1v) is 8.44. The van der Waals surface area contributed by atoms with Gasteiger partial charge in [-0.25, -0.2) is 9.59 Å². The van der Waals surface area contributed by atoms with Crippen molar-refractivity contribution in [2.45, 2.75) is 0 Å². The average Bonchev–Trinajstić information content (AvgIpc) is 2.70. The molecule has 0 fully saturated rings. The molecule has 0 aliphatic heterocycles. The molecule has 0 aliphatic carbocycles. The number of carbonyl (C=O) groups is 2. The summed E-state index contributed by atoms with van der Waals surface area (Å²) in [6, 6.07) is 15.7. The lowest BCUT2D eigenvalue weighted by atomic mass is 10.1. The van der Waals surface area contributed by atoms with Gasteiger partial charge in [0, 0.05) is 5.69 Å². The van der Waals surface area contributed by atoms with Crippen LogP contribution in [0.3, 0.4) is 0 Å². The van der Waals surface area contributed by atoms with E-state index in [1.54, 1.807) is 42.5 Å². The van der Waals surface area contributed by atoms with Crippen LogP contribution in [0.1, 0.15) is 20.7 Å². The number of benzene rings is 3. The van der Waals surface area contributed by atoms with Crippen molar-refractivity contribution in [2.24, 2.45) is 0 Å². The van der Waals surface area contributed by atoms with Gasteiger partial charge in [-0.3, -0.25) is 0 Å². The molecule has 3 rings (SSSR count). The van der Waals surface area contributed by atoms with Gasteiger partial charge in [0.15, 0.2) is 0 Å². The molecule has 148 valence electrons. The largest absolute Gasteiger partial charge is 0.478 e. The topological polar surface area (TPSA) is 134 Å². The monoisotopic (exact) mass is 394 g/mol. The molecule has 0 bridgehead atoms. The van der Waals surface area contributed by atoms with Crippen molar-refractivity contribution in [2.75, 3.05) is 18.6 Å². The highest BCUT2D eigenvalue weighted by Crippen LogP contribution is 2.31. The Hall–Kier alpha value is -4.20. The Morgan fingerprint density at radius 1 is 0.793 bits per heavy atom. The van der Waals surface area contributed by atoms with Crippen LogP contribution in [0.4, 0.5) is 11.4 Å². The first-order chi connectivity index (χ1) is 13.9. The van der Waals surface area contributed by atoms with Crippen molar-refractivity contribution < 1.29 is 28.9 Å². The number of carbonyl (C=O) groups excluding carboxylic acids is 1. The number of carboxylic acid groups (broad SMARTS) is 1. The molecule has 0 radical (unpaired) electrons. The molecule has 0 aliphatic rings. The van der Waals surface area contributed by atoms with E-state index in [-0.39, 0.29) is 16.9 Å². The number of rotatable bonds is 6. The summed E-state index contributed by atoms with van der Waals surface area (Å²) in [7, 11) is 1.18. The van der Waals surface area contributed by atoms with Gasteiger partial charge in [0.1, 0.15) is 23.0 Å². The van der Waals surface area contributed by atoms with Gasteiger partial charge >= 0.3 is 11.9 Å². The highest BCUT2D eigenvalue weighted by Gasteiger charge is 2.18. The minimum atomic E-state index is -1.26. The van der Waals surface area contributed by atoms with Crippen LogP contribution in [-0.2, 0) is 4.74 Å². The van der Waals surface area contributed by atoms with E-state index >= 15 is 0 Å². The Labute approximate surface area is 166 Å². The third-order valence-corrected chi connectivity index (χ3v) is 3.95. The molecule has 8 nitrogen and oxygen atoms in total. The van der Waals surface area contributed by atoms with Crippen molar-refractivity contribution in [1.29, 1.82) is 0 Å². The second kappa shape index (κ2) is 8.22. The van der Waals surface area contributed by atoms with Crippen molar-refractivity contribution in [1.82, 2.24) is 0 Å². The van der Waals surface area contributed by atoms with E-state index < -0.39 is 11.9 Å². The summed E-state index contributed by atoms with van der Waals surface area (Å²) in [6.07, 6.45) is 0. The summed E-state index contributed by atoms with van der Waals surface area (Å²) in [5.74, 6) is -0.298. The second-order valence-corrected chi connectivity index (χ2v) is 5.98. The van der Waals surface area contributed by atoms with Crippen LogP contribution in [0.15, 0.2) is 60.7 Å². The third-order valence-electron chi connectivity index (χ3n) is 3.95. The Balaban J connectivity index is 1.76. The summed E-state index contributed by atoms with van der Waals surface area (Å²) < 4.78 is 16.0. The van der Waals surface area contributed by atoms with Crippen LogP contribution in [0.25, 0.3) is 0 Å². The summed E-state index contributed by atoms with van der Waals surface area (Å²) in [4.78, 5) is 23.1. The van der Waals surface area contributed by atoms with Gasteiger partial charge < -0.3 is 30.8 Å². The fourth-order valence-corrected chi connectivity index (χ4v) is 2.55. The van der Waals surface area contributed by atoms with Gasteiger partial charge in [-0.05, 0) is 60.7 Å². The molecule has 0 amide bonds. The molecule has 0 unspecified atom stereocenters. The smallest absolute Gasteiger partial charge is 0.338 e. The molecule has 0 heterocycles. The molecule has 3 aromatic carbocycles. The number of esters is 1. The molecule has 8 heteroatoms. The number of hydrogen-bond donors (Lipinski definition) is 3. The van der Waals surface area contributed by atoms with E-state index in [0.717, 1.165) is 0 Å². The Morgan fingerprint density at radius 3 is 2.00 bits per heavy atom. The molecule has 0 spiro atoms. The molecular weight excluding hydrogens is 376 g/mol. The van der Waals surface area contributed by atoms with Crippen LogP contribution in [0.5, 0.6) is 23.0 Å². The van der Waals surface area contributed by atoms with Crippen LogP contribution in [0.2, 0.25) is 0 Å². The predicted octanol–water partition coefficient (Wildman–Crippen LogP) is 3.92. The second-order valence-electron chi connectivity index (χ2n) is 5.98. The molecule has 0 saturated carbocycles. The number of aromatic carboxylic acids is 1. The lowest BCUT2D eigenvalue weighted by Crippen LogP contribution is -2.10. The summed E-state index contributed by atoms with van der Waals surface area (Å²) in [6.45, 7) is 0. The van der Waals surface area contributed by atoms with Crippen molar-refractivity contribution >= 4 is 23.3 Å². The molecule has 3 aromatic rings. The SMILES string of the molecule is COC(=O)c1ccc(Oc2ccc(Oc3ccc(N)cc3N)cc2)cc1C(=O)O. The fraction of sp³-hybridized carbons (Fsp3) is 0.0476. The number of ether oxygens (including phenoxy) is 3. The quantitative estimate of drug-likeness (QED) is 0.423. The van der Waals surface area contributed by atoms with Crippen LogP contribution in [-0.4, -0.2) is 24.2 Å². The van der Waals surface area contributed by atoms with Crippen LogP contribution in [0, 0.1) is 0 Å². The van der Waals surface area contributed by atoms with E-state index in [9.17, 15) is 14.7 Å². The zero-order chi connectivity index (χ0) is 21.0. The first kappa shape index (κ1) is 19.6. The van der Waals surface area contributed by atoms with Crippen molar-refractivity contribution in [3.05, 3.63) is 71.8 Å². The van der Waals surface area contributed by atoms with Crippen LogP contribution >= 0.6 is 0 Å². The first-order valence-electron chi connectivity index (χ1n) is 8.44. The van der Waals surface area contributed by atoms with E-state index in [0.29, 0.717) is 28.6 Å². The normalized spacial score (nSPS) is 10.2.